The van der Waals surface area contributed by atoms with E-state index in [1.54, 1.807) is 0 Å². The largest absolute Gasteiger partial charge is 0.310 e. The lowest BCUT2D eigenvalue weighted by molar-refractivity contribution is 0.647. The Balaban J connectivity index is 0.000000845. The predicted octanol–water partition coefficient (Wildman–Crippen LogP) is 3.30. The molecule has 1 heterocycles. The van der Waals surface area contributed by atoms with Crippen LogP contribution >= 0.6 is 28.3 Å². The highest BCUT2D eigenvalue weighted by Gasteiger charge is 2.15. The summed E-state index contributed by atoms with van der Waals surface area (Å²) in [5.41, 5.74) is 1.40. The predicted molar refractivity (Wildman–Crippen MR) is 61.4 cm³/mol. The van der Waals surface area contributed by atoms with Crippen LogP contribution in [0.1, 0.15) is 24.4 Å². The van der Waals surface area contributed by atoms with Crippen molar-refractivity contribution in [2.45, 2.75) is 18.9 Å². The Morgan fingerprint density at radius 3 is 2.85 bits per heavy atom. The summed E-state index contributed by atoms with van der Waals surface area (Å²) >= 11 is 3.48. The molecule has 1 N–H and O–H groups in total. The molecule has 0 spiro atoms. The average Bonchev–Trinajstić information content (AvgIpc) is 2.56. The first-order valence-corrected chi connectivity index (χ1v) is 5.14. The molecule has 0 aliphatic carbocycles. The fraction of sp³-hybridized carbons (Fsp3) is 0.400. The molecule has 2 rings (SSSR count). The summed E-state index contributed by atoms with van der Waals surface area (Å²) in [4.78, 5) is 0. The molecule has 1 nitrogen and oxygen atoms in total. The van der Waals surface area contributed by atoms with Crippen molar-refractivity contribution in [1.82, 2.24) is 5.32 Å². The van der Waals surface area contributed by atoms with Crippen molar-refractivity contribution in [2.75, 3.05) is 6.54 Å². The van der Waals surface area contributed by atoms with Crippen LogP contribution in [0.2, 0.25) is 0 Å². The molecule has 1 aliphatic rings. The van der Waals surface area contributed by atoms with Crippen LogP contribution in [-0.2, 0) is 0 Å². The van der Waals surface area contributed by atoms with Crippen LogP contribution in [0.25, 0.3) is 0 Å². The van der Waals surface area contributed by atoms with Gasteiger partial charge in [-0.15, -0.1) is 12.4 Å². The minimum Gasteiger partial charge on any atom is -0.310 e. The lowest BCUT2D eigenvalue weighted by Crippen LogP contribution is -2.12. The van der Waals surface area contributed by atoms with E-state index < -0.39 is 0 Å². The third-order valence-corrected chi connectivity index (χ3v) is 2.80. The van der Waals surface area contributed by atoms with Crippen molar-refractivity contribution in [3.63, 3.8) is 0 Å². The van der Waals surface area contributed by atoms with E-state index in [0.29, 0.717) is 6.04 Å². The fourth-order valence-corrected chi connectivity index (χ4v) is 2.11. The molecule has 1 aromatic carbocycles. The highest BCUT2D eigenvalue weighted by Crippen LogP contribution is 2.24. The van der Waals surface area contributed by atoms with Gasteiger partial charge in [0.1, 0.15) is 0 Å². The first-order valence-electron chi connectivity index (χ1n) is 4.35. The van der Waals surface area contributed by atoms with Gasteiger partial charge in [0.25, 0.3) is 0 Å². The van der Waals surface area contributed by atoms with Crippen molar-refractivity contribution < 1.29 is 0 Å². The summed E-state index contributed by atoms with van der Waals surface area (Å²) < 4.78 is 1.17. The van der Waals surface area contributed by atoms with Gasteiger partial charge in [0.2, 0.25) is 0 Å². The minimum absolute atomic E-state index is 0. The molecule has 3 heteroatoms. The molecule has 0 amide bonds. The third-order valence-electron chi connectivity index (χ3n) is 2.31. The summed E-state index contributed by atoms with van der Waals surface area (Å²) in [6.07, 6.45) is 2.58. The maximum Gasteiger partial charge on any atom is 0.0321 e. The van der Waals surface area contributed by atoms with Gasteiger partial charge in [-0.3, -0.25) is 0 Å². The van der Waals surface area contributed by atoms with Crippen molar-refractivity contribution in [3.05, 3.63) is 34.3 Å². The molecule has 0 saturated carbocycles. The molecule has 1 fully saturated rings. The zero-order chi connectivity index (χ0) is 8.39. The molecule has 1 atom stereocenters. The number of rotatable bonds is 1. The summed E-state index contributed by atoms with van der Waals surface area (Å²) in [7, 11) is 0. The highest BCUT2D eigenvalue weighted by atomic mass is 79.9. The number of nitrogens with one attached hydrogen (secondary N) is 1. The topological polar surface area (TPSA) is 12.0 Å². The highest BCUT2D eigenvalue weighted by molar-refractivity contribution is 9.10. The van der Waals surface area contributed by atoms with E-state index >= 15 is 0 Å². The zero-order valence-electron chi connectivity index (χ0n) is 7.29. The van der Waals surface area contributed by atoms with Gasteiger partial charge in [-0.1, -0.05) is 28.1 Å². The van der Waals surface area contributed by atoms with Crippen molar-refractivity contribution in [1.29, 1.82) is 0 Å². The van der Waals surface area contributed by atoms with Crippen LogP contribution in [0, 0.1) is 0 Å². The van der Waals surface area contributed by atoms with Crippen molar-refractivity contribution in [2.24, 2.45) is 0 Å². The van der Waals surface area contributed by atoms with E-state index in [2.05, 4.69) is 45.5 Å². The number of halogens is 2. The molecule has 0 unspecified atom stereocenters. The van der Waals surface area contributed by atoms with Gasteiger partial charge in [-0.25, -0.2) is 0 Å². The normalized spacial score (nSPS) is 21.2. The average molecular weight is 263 g/mol. The van der Waals surface area contributed by atoms with Crippen LogP contribution in [-0.4, -0.2) is 6.54 Å². The summed E-state index contributed by atoms with van der Waals surface area (Å²) in [6.45, 7) is 1.16. The molecule has 1 saturated heterocycles. The summed E-state index contributed by atoms with van der Waals surface area (Å²) in [5, 5.41) is 3.48. The Morgan fingerprint density at radius 1 is 1.38 bits per heavy atom. The lowest BCUT2D eigenvalue weighted by atomic mass is 10.1. The first kappa shape index (κ1) is 11.0. The van der Waals surface area contributed by atoms with Gasteiger partial charge >= 0.3 is 0 Å². The van der Waals surface area contributed by atoms with Crippen LogP contribution < -0.4 is 5.32 Å². The van der Waals surface area contributed by atoms with Gasteiger partial charge in [0, 0.05) is 10.5 Å². The molecular formula is C10H13BrClN. The Bertz CT molecular complexity index is 271. The van der Waals surface area contributed by atoms with Crippen LogP contribution in [0.4, 0.5) is 0 Å². The summed E-state index contributed by atoms with van der Waals surface area (Å²) in [5.74, 6) is 0. The summed E-state index contributed by atoms with van der Waals surface area (Å²) in [6, 6.07) is 9.14. The van der Waals surface area contributed by atoms with Crippen LogP contribution in [0.3, 0.4) is 0 Å². The zero-order valence-corrected chi connectivity index (χ0v) is 9.70. The molecule has 13 heavy (non-hydrogen) atoms. The Kier molecular flexibility index (Phi) is 4.23. The minimum atomic E-state index is 0. The van der Waals surface area contributed by atoms with Crippen LogP contribution in [0.5, 0.6) is 0 Å². The molecule has 1 aromatic rings. The molecular weight excluding hydrogens is 249 g/mol. The number of benzene rings is 1. The second-order valence-corrected chi connectivity index (χ2v) is 4.12. The van der Waals surface area contributed by atoms with E-state index in [-0.39, 0.29) is 12.4 Å². The van der Waals surface area contributed by atoms with E-state index in [1.165, 1.54) is 22.9 Å². The third kappa shape index (κ3) is 2.70. The van der Waals surface area contributed by atoms with Crippen molar-refractivity contribution >= 4 is 28.3 Å². The lowest BCUT2D eigenvalue weighted by Gasteiger charge is -2.09. The Morgan fingerprint density at radius 2 is 2.23 bits per heavy atom. The number of hydrogen-bond donors (Lipinski definition) is 1. The Hall–Kier alpha value is -0.0500. The van der Waals surface area contributed by atoms with Gasteiger partial charge in [-0.05, 0) is 37.1 Å². The Labute approximate surface area is 93.5 Å². The quantitative estimate of drug-likeness (QED) is 0.819. The second kappa shape index (κ2) is 4.99. The standard InChI is InChI=1S/C10H12BrN.ClH/c11-9-4-1-3-8(7-9)10-5-2-6-12-10;/h1,3-4,7,10,12H,2,5-6H2;1H/t10-;/m0./s1. The molecule has 0 radical (unpaired) electrons. The van der Waals surface area contributed by atoms with E-state index in [0.717, 1.165) is 6.54 Å². The maximum atomic E-state index is 3.48. The maximum absolute atomic E-state index is 3.48. The van der Waals surface area contributed by atoms with Gasteiger partial charge < -0.3 is 5.32 Å². The van der Waals surface area contributed by atoms with E-state index in [9.17, 15) is 0 Å². The van der Waals surface area contributed by atoms with E-state index in [1.807, 2.05) is 0 Å². The molecule has 0 aromatic heterocycles. The van der Waals surface area contributed by atoms with E-state index in [4.69, 9.17) is 0 Å². The monoisotopic (exact) mass is 261 g/mol. The molecule has 0 bridgehead atoms. The SMILES string of the molecule is Brc1cccc([C@@H]2CCCN2)c1.Cl. The number of hydrogen-bond acceptors (Lipinski definition) is 1. The van der Waals surface area contributed by atoms with Gasteiger partial charge in [0.05, 0.1) is 0 Å². The van der Waals surface area contributed by atoms with Crippen molar-refractivity contribution in [3.8, 4) is 0 Å². The van der Waals surface area contributed by atoms with Gasteiger partial charge in [0.15, 0.2) is 0 Å². The second-order valence-electron chi connectivity index (χ2n) is 3.20. The van der Waals surface area contributed by atoms with Crippen LogP contribution in [0.15, 0.2) is 28.7 Å². The smallest absolute Gasteiger partial charge is 0.0321 e. The molecule has 1 aliphatic heterocycles. The molecule has 72 valence electrons. The first-order chi connectivity index (χ1) is 5.86. The fourth-order valence-electron chi connectivity index (χ4n) is 1.69. The van der Waals surface area contributed by atoms with Gasteiger partial charge in [-0.2, -0.15) is 0 Å².